The minimum Gasteiger partial charge on any atom is -0.310 e. The lowest BCUT2D eigenvalue weighted by Crippen LogP contribution is -2.39. The molecule has 2 aliphatic rings. The molecule has 1 N–H and O–H groups in total. The third kappa shape index (κ3) is 2.57. The van der Waals surface area contributed by atoms with Gasteiger partial charge in [-0.3, -0.25) is 0 Å². The molecule has 0 aliphatic carbocycles. The number of sulfonamides is 1. The molecule has 2 atom stereocenters. The van der Waals surface area contributed by atoms with E-state index in [1.54, 1.807) is 0 Å². The first-order valence-corrected chi connectivity index (χ1v) is 8.50. The maximum atomic E-state index is 13.3. The Morgan fingerprint density at radius 2 is 2.00 bits per heavy atom. The summed E-state index contributed by atoms with van der Waals surface area (Å²) in [7, 11) is -3.74. The van der Waals surface area contributed by atoms with Gasteiger partial charge in [-0.05, 0) is 37.5 Å². The smallest absolute Gasteiger partial charge is 0.244 e. The molecular weight excluding hydrogens is 303 g/mol. The van der Waals surface area contributed by atoms with E-state index in [4.69, 9.17) is 11.6 Å². The Labute approximate surface area is 123 Å². The van der Waals surface area contributed by atoms with Gasteiger partial charge in [0.15, 0.2) is 0 Å². The second-order valence-corrected chi connectivity index (χ2v) is 7.68. The van der Waals surface area contributed by atoms with Gasteiger partial charge in [-0.15, -0.1) is 0 Å². The number of rotatable bonds is 2. The van der Waals surface area contributed by atoms with E-state index in [-0.39, 0.29) is 16.0 Å². The SMILES string of the molecule is O=S(=O)(c1cc(F)ccc1Cl)N1CCC2CCC(C1)N2. The Bertz CT molecular complexity index is 623. The molecule has 2 fully saturated rings. The molecule has 2 unspecified atom stereocenters. The predicted molar refractivity (Wildman–Crippen MR) is 74.7 cm³/mol. The molecule has 110 valence electrons. The number of fused-ring (bicyclic) bond motifs is 2. The van der Waals surface area contributed by atoms with Crippen LogP contribution in [-0.4, -0.2) is 37.9 Å². The lowest BCUT2D eigenvalue weighted by atomic mass is 10.1. The largest absolute Gasteiger partial charge is 0.310 e. The third-order valence-corrected chi connectivity index (χ3v) is 6.34. The van der Waals surface area contributed by atoms with Crippen LogP contribution in [0, 0.1) is 5.82 Å². The van der Waals surface area contributed by atoms with Crippen molar-refractivity contribution in [3.8, 4) is 0 Å². The highest BCUT2D eigenvalue weighted by atomic mass is 35.5. The first-order valence-electron chi connectivity index (χ1n) is 6.68. The molecule has 0 aromatic heterocycles. The number of nitrogens with zero attached hydrogens (tertiary/aromatic N) is 1. The van der Waals surface area contributed by atoms with Crippen LogP contribution in [0.15, 0.2) is 23.1 Å². The van der Waals surface area contributed by atoms with E-state index in [2.05, 4.69) is 5.32 Å². The van der Waals surface area contributed by atoms with Crippen LogP contribution >= 0.6 is 11.6 Å². The summed E-state index contributed by atoms with van der Waals surface area (Å²) in [6.45, 7) is 0.870. The van der Waals surface area contributed by atoms with Gasteiger partial charge in [-0.2, -0.15) is 4.31 Å². The molecule has 4 nitrogen and oxygen atoms in total. The summed E-state index contributed by atoms with van der Waals surface area (Å²) in [6.07, 6.45) is 2.86. The summed E-state index contributed by atoms with van der Waals surface area (Å²) in [4.78, 5) is -0.142. The van der Waals surface area contributed by atoms with Gasteiger partial charge in [0.05, 0.1) is 5.02 Å². The van der Waals surface area contributed by atoms with Crippen molar-refractivity contribution in [1.82, 2.24) is 9.62 Å². The fourth-order valence-corrected chi connectivity index (χ4v) is 4.93. The maximum Gasteiger partial charge on any atom is 0.244 e. The summed E-state index contributed by atoms with van der Waals surface area (Å²) < 4.78 is 40.0. The van der Waals surface area contributed by atoms with Gasteiger partial charge in [0.1, 0.15) is 10.7 Å². The molecule has 7 heteroatoms. The van der Waals surface area contributed by atoms with Gasteiger partial charge >= 0.3 is 0 Å². The molecular formula is C13H16ClFN2O2S. The second-order valence-electron chi connectivity index (χ2n) is 5.36. The van der Waals surface area contributed by atoms with Gasteiger partial charge in [-0.25, -0.2) is 12.8 Å². The standard InChI is InChI=1S/C13H16ClFN2O2S/c14-12-4-1-9(15)7-13(12)20(18,19)17-6-5-10-2-3-11(8-17)16-10/h1,4,7,10-11,16H,2-3,5-6,8H2. The molecule has 2 saturated heterocycles. The first kappa shape index (κ1) is 14.3. The quantitative estimate of drug-likeness (QED) is 0.907. The van der Waals surface area contributed by atoms with Crippen LogP contribution in [0.5, 0.6) is 0 Å². The van der Waals surface area contributed by atoms with Crippen molar-refractivity contribution < 1.29 is 12.8 Å². The molecule has 2 heterocycles. The number of halogens is 2. The Kier molecular flexibility index (Phi) is 3.75. The van der Waals surface area contributed by atoms with E-state index in [1.165, 1.54) is 10.4 Å². The Hall–Kier alpha value is -0.690. The highest BCUT2D eigenvalue weighted by Gasteiger charge is 2.35. The molecule has 2 aliphatic heterocycles. The lowest BCUT2D eigenvalue weighted by molar-refractivity contribution is 0.383. The summed E-state index contributed by atoms with van der Waals surface area (Å²) in [5.74, 6) is -0.595. The molecule has 0 radical (unpaired) electrons. The van der Waals surface area contributed by atoms with E-state index in [0.29, 0.717) is 19.1 Å². The summed E-state index contributed by atoms with van der Waals surface area (Å²) in [5.41, 5.74) is 0. The topological polar surface area (TPSA) is 49.4 Å². The van der Waals surface area contributed by atoms with E-state index in [0.717, 1.165) is 31.4 Å². The van der Waals surface area contributed by atoms with Gasteiger partial charge in [0.2, 0.25) is 10.0 Å². The number of hydrogen-bond acceptors (Lipinski definition) is 3. The van der Waals surface area contributed by atoms with Crippen molar-refractivity contribution in [3.63, 3.8) is 0 Å². The fourth-order valence-electron chi connectivity index (χ4n) is 2.94. The van der Waals surface area contributed by atoms with Crippen molar-refractivity contribution >= 4 is 21.6 Å². The maximum absolute atomic E-state index is 13.3. The van der Waals surface area contributed by atoms with Gasteiger partial charge in [-0.1, -0.05) is 11.6 Å². The summed E-state index contributed by atoms with van der Waals surface area (Å²) in [6, 6.07) is 4.01. The zero-order chi connectivity index (χ0) is 14.3. The van der Waals surface area contributed by atoms with E-state index in [9.17, 15) is 12.8 Å². The minimum atomic E-state index is -3.74. The second kappa shape index (κ2) is 5.26. The van der Waals surface area contributed by atoms with Crippen LogP contribution in [0.2, 0.25) is 5.02 Å². The highest BCUT2D eigenvalue weighted by Crippen LogP contribution is 2.29. The Morgan fingerprint density at radius 3 is 2.80 bits per heavy atom. The molecule has 2 bridgehead atoms. The van der Waals surface area contributed by atoms with E-state index >= 15 is 0 Å². The van der Waals surface area contributed by atoms with Crippen LogP contribution in [0.3, 0.4) is 0 Å². The minimum absolute atomic E-state index is 0.0637. The van der Waals surface area contributed by atoms with Crippen molar-refractivity contribution in [2.75, 3.05) is 13.1 Å². The van der Waals surface area contributed by atoms with Crippen LogP contribution in [0.25, 0.3) is 0 Å². The first-order chi connectivity index (χ1) is 9.46. The van der Waals surface area contributed by atoms with Gasteiger partial charge < -0.3 is 5.32 Å². The number of hydrogen-bond donors (Lipinski definition) is 1. The molecule has 1 aromatic carbocycles. The highest BCUT2D eigenvalue weighted by molar-refractivity contribution is 7.89. The van der Waals surface area contributed by atoms with Crippen molar-refractivity contribution in [2.45, 2.75) is 36.2 Å². The molecule has 0 spiro atoms. The molecule has 0 saturated carbocycles. The average Bonchev–Trinajstić information content (AvgIpc) is 2.71. The predicted octanol–water partition coefficient (Wildman–Crippen LogP) is 1.99. The Morgan fingerprint density at radius 1 is 1.25 bits per heavy atom. The fraction of sp³-hybridized carbons (Fsp3) is 0.538. The summed E-state index contributed by atoms with van der Waals surface area (Å²) >= 11 is 5.93. The zero-order valence-corrected chi connectivity index (χ0v) is 12.4. The molecule has 1 aromatic rings. The lowest BCUT2D eigenvalue weighted by Gasteiger charge is -2.24. The number of nitrogens with one attached hydrogen (secondary N) is 1. The average molecular weight is 319 g/mol. The van der Waals surface area contributed by atoms with Gasteiger partial charge in [0, 0.05) is 25.2 Å². The molecule has 20 heavy (non-hydrogen) atoms. The van der Waals surface area contributed by atoms with E-state index in [1.807, 2.05) is 0 Å². The van der Waals surface area contributed by atoms with Crippen LogP contribution in [0.4, 0.5) is 4.39 Å². The van der Waals surface area contributed by atoms with Crippen molar-refractivity contribution in [3.05, 3.63) is 29.0 Å². The zero-order valence-electron chi connectivity index (χ0n) is 10.9. The van der Waals surface area contributed by atoms with Crippen molar-refractivity contribution in [1.29, 1.82) is 0 Å². The Balaban J connectivity index is 1.93. The summed E-state index contributed by atoms with van der Waals surface area (Å²) in [5, 5.41) is 3.48. The van der Waals surface area contributed by atoms with Crippen LogP contribution in [-0.2, 0) is 10.0 Å². The normalized spacial score (nSPS) is 27.5. The molecule has 3 rings (SSSR count). The van der Waals surface area contributed by atoms with E-state index < -0.39 is 15.8 Å². The van der Waals surface area contributed by atoms with Crippen LogP contribution < -0.4 is 5.32 Å². The molecule has 0 amide bonds. The van der Waals surface area contributed by atoms with Crippen molar-refractivity contribution in [2.24, 2.45) is 0 Å². The van der Waals surface area contributed by atoms with Crippen LogP contribution in [0.1, 0.15) is 19.3 Å². The number of benzene rings is 1. The third-order valence-electron chi connectivity index (χ3n) is 4.00. The van der Waals surface area contributed by atoms with Gasteiger partial charge in [0.25, 0.3) is 0 Å². The monoisotopic (exact) mass is 318 g/mol.